The minimum atomic E-state index is 0.515. The Morgan fingerprint density at radius 3 is 2.47 bits per heavy atom. The second-order valence-electron chi connectivity index (χ2n) is 4.86. The summed E-state index contributed by atoms with van der Waals surface area (Å²) in [6.45, 7) is 4.81. The van der Waals surface area contributed by atoms with Gasteiger partial charge in [0.15, 0.2) is 0 Å². The van der Waals surface area contributed by atoms with Gasteiger partial charge in [-0.1, -0.05) is 6.42 Å². The zero-order valence-corrected chi connectivity index (χ0v) is 9.87. The van der Waals surface area contributed by atoms with Crippen molar-refractivity contribution >= 4 is 0 Å². The van der Waals surface area contributed by atoms with Crippen molar-refractivity contribution in [2.24, 2.45) is 0 Å². The summed E-state index contributed by atoms with van der Waals surface area (Å²) in [6, 6.07) is 0.835. The fourth-order valence-corrected chi connectivity index (χ4v) is 2.41. The molecular weight excluding hydrogens is 188 g/mol. The molecule has 1 N–H and O–H groups in total. The molecule has 0 aromatic heterocycles. The van der Waals surface area contributed by atoms with Crippen molar-refractivity contribution in [3.8, 4) is 0 Å². The highest BCUT2D eigenvalue weighted by molar-refractivity contribution is 4.78. The number of rotatable bonds is 5. The molecule has 3 heteroatoms. The molecule has 0 atom stereocenters. The summed E-state index contributed by atoms with van der Waals surface area (Å²) in [6.07, 6.45) is 7.15. The lowest BCUT2D eigenvalue weighted by molar-refractivity contribution is 0.0411. The van der Waals surface area contributed by atoms with E-state index in [-0.39, 0.29) is 0 Å². The van der Waals surface area contributed by atoms with E-state index >= 15 is 0 Å². The SMILES string of the molecule is COC1CCN(CCNC2CCC2)CC1. The van der Waals surface area contributed by atoms with Crippen LogP contribution in [0.3, 0.4) is 0 Å². The van der Waals surface area contributed by atoms with Crippen LogP contribution in [0.1, 0.15) is 32.1 Å². The minimum absolute atomic E-state index is 0.515. The van der Waals surface area contributed by atoms with Crippen LogP contribution >= 0.6 is 0 Å². The van der Waals surface area contributed by atoms with Gasteiger partial charge < -0.3 is 15.0 Å². The maximum Gasteiger partial charge on any atom is 0.0595 e. The Bertz CT molecular complexity index is 174. The Labute approximate surface area is 93.2 Å². The Kier molecular flexibility index (Phi) is 4.42. The topological polar surface area (TPSA) is 24.5 Å². The molecule has 0 aromatic carbocycles. The Morgan fingerprint density at radius 1 is 1.20 bits per heavy atom. The largest absolute Gasteiger partial charge is 0.381 e. The third-order valence-electron chi connectivity index (χ3n) is 3.83. The highest BCUT2D eigenvalue weighted by atomic mass is 16.5. The number of piperidine rings is 1. The Hall–Kier alpha value is -0.120. The molecule has 2 fully saturated rings. The van der Waals surface area contributed by atoms with Crippen molar-refractivity contribution in [2.45, 2.75) is 44.2 Å². The maximum atomic E-state index is 5.37. The van der Waals surface area contributed by atoms with E-state index in [0.717, 1.165) is 6.04 Å². The molecule has 0 bridgehead atoms. The van der Waals surface area contributed by atoms with Crippen molar-refractivity contribution in [1.82, 2.24) is 10.2 Å². The molecule has 15 heavy (non-hydrogen) atoms. The fraction of sp³-hybridized carbons (Fsp3) is 1.00. The van der Waals surface area contributed by atoms with Gasteiger partial charge in [-0.15, -0.1) is 0 Å². The zero-order valence-electron chi connectivity index (χ0n) is 9.87. The van der Waals surface area contributed by atoms with Crippen molar-refractivity contribution in [3.05, 3.63) is 0 Å². The van der Waals surface area contributed by atoms with Gasteiger partial charge in [0.05, 0.1) is 6.10 Å². The smallest absolute Gasteiger partial charge is 0.0595 e. The predicted octanol–water partition coefficient (Wildman–Crippen LogP) is 1.24. The van der Waals surface area contributed by atoms with Crippen LogP contribution in [-0.2, 0) is 4.74 Å². The van der Waals surface area contributed by atoms with Crippen LogP contribution in [0.15, 0.2) is 0 Å². The molecule has 0 radical (unpaired) electrons. The molecule has 88 valence electrons. The average molecular weight is 212 g/mol. The third-order valence-corrected chi connectivity index (χ3v) is 3.83. The van der Waals surface area contributed by atoms with Gasteiger partial charge in [-0.25, -0.2) is 0 Å². The van der Waals surface area contributed by atoms with Crippen molar-refractivity contribution in [3.63, 3.8) is 0 Å². The monoisotopic (exact) mass is 212 g/mol. The van der Waals surface area contributed by atoms with Gasteiger partial charge in [0.1, 0.15) is 0 Å². The molecule has 0 unspecified atom stereocenters. The van der Waals surface area contributed by atoms with E-state index in [2.05, 4.69) is 10.2 Å². The molecular formula is C12H24N2O. The van der Waals surface area contributed by atoms with Crippen molar-refractivity contribution in [1.29, 1.82) is 0 Å². The lowest BCUT2D eigenvalue weighted by Crippen LogP contribution is -2.43. The van der Waals surface area contributed by atoms with E-state index in [1.807, 2.05) is 7.11 Å². The van der Waals surface area contributed by atoms with Gasteiger partial charge in [-0.05, 0) is 25.7 Å². The van der Waals surface area contributed by atoms with E-state index in [1.165, 1.54) is 58.3 Å². The van der Waals surface area contributed by atoms with Crippen molar-refractivity contribution < 1.29 is 4.74 Å². The lowest BCUT2D eigenvalue weighted by Gasteiger charge is -2.32. The summed E-state index contributed by atoms with van der Waals surface area (Å²) in [5.41, 5.74) is 0. The van der Waals surface area contributed by atoms with E-state index in [0.29, 0.717) is 6.10 Å². The highest BCUT2D eigenvalue weighted by Gasteiger charge is 2.19. The van der Waals surface area contributed by atoms with Crippen LogP contribution in [0.25, 0.3) is 0 Å². The van der Waals surface area contributed by atoms with Crippen LogP contribution in [0.5, 0.6) is 0 Å². The summed E-state index contributed by atoms with van der Waals surface area (Å²) in [5, 5.41) is 3.62. The van der Waals surface area contributed by atoms with E-state index < -0.39 is 0 Å². The molecule has 1 saturated carbocycles. The Morgan fingerprint density at radius 2 is 1.93 bits per heavy atom. The van der Waals surface area contributed by atoms with Gasteiger partial charge in [0.25, 0.3) is 0 Å². The number of nitrogens with one attached hydrogen (secondary N) is 1. The van der Waals surface area contributed by atoms with Gasteiger partial charge in [-0.2, -0.15) is 0 Å². The van der Waals surface area contributed by atoms with Crippen LogP contribution in [0, 0.1) is 0 Å². The second kappa shape index (κ2) is 5.83. The van der Waals surface area contributed by atoms with Gasteiger partial charge in [0.2, 0.25) is 0 Å². The summed E-state index contributed by atoms with van der Waals surface area (Å²) < 4.78 is 5.37. The normalized spacial score (nSPS) is 25.4. The van der Waals surface area contributed by atoms with Gasteiger partial charge >= 0.3 is 0 Å². The van der Waals surface area contributed by atoms with Crippen LogP contribution in [-0.4, -0.2) is 50.3 Å². The average Bonchev–Trinajstić information content (AvgIpc) is 2.23. The third kappa shape index (κ3) is 3.44. The number of hydrogen-bond donors (Lipinski definition) is 1. The number of nitrogens with zero attached hydrogens (tertiary/aromatic N) is 1. The van der Waals surface area contributed by atoms with E-state index in [9.17, 15) is 0 Å². The molecule has 0 amide bonds. The molecule has 3 nitrogen and oxygen atoms in total. The molecule has 2 rings (SSSR count). The van der Waals surface area contributed by atoms with Gasteiger partial charge in [0, 0.05) is 39.3 Å². The molecule has 1 heterocycles. The first-order valence-electron chi connectivity index (χ1n) is 6.37. The first-order chi connectivity index (χ1) is 7.38. The number of ether oxygens (including phenoxy) is 1. The molecule has 0 aromatic rings. The number of hydrogen-bond acceptors (Lipinski definition) is 3. The van der Waals surface area contributed by atoms with Gasteiger partial charge in [-0.3, -0.25) is 0 Å². The van der Waals surface area contributed by atoms with E-state index in [4.69, 9.17) is 4.74 Å². The summed E-state index contributed by atoms with van der Waals surface area (Å²) in [4.78, 5) is 2.56. The van der Waals surface area contributed by atoms with Crippen LogP contribution in [0.4, 0.5) is 0 Å². The van der Waals surface area contributed by atoms with Crippen LogP contribution < -0.4 is 5.32 Å². The molecule has 1 aliphatic heterocycles. The van der Waals surface area contributed by atoms with Crippen LogP contribution in [0.2, 0.25) is 0 Å². The number of methoxy groups -OCH3 is 1. The highest BCUT2D eigenvalue weighted by Crippen LogP contribution is 2.17. The fourth-order valence-electron chi connectivity index (χ4n) is 2.41. The predicted molar refractivity (Wildman–Crippen MR) is 62.1 cm³/mol. The lowest BCUT2D eigenvalue weighted by atomic mass is 9.93. The summed E-state index contributed by atoms with van der Waals surface area (Å²) in [5.74, 6) is 0. The molecule has 1 saturated heterocycles. The molecule has 1 aliphatic carbocycles. The number of likely N-dealkylation sites (tertiary alicyclic amines) is 1. The zero-order chi connectivity index (χ0) is 10.5. The quantitative estimate of drug-likeness (QED) is 0.742. The molecule has 2 aliphatic rings. The second-order valence-corrected chi connectivity index (χ2v) is 4.86. The summed E-state index contributed by atoms with van der Waals surface area (Å²) in [7, 11) is 1.83. The minimum Gasteiger partial charge on any atom is -0.381 e. The standard InChI is InChI=1S/C12H24N2O/c1-15-12-5-8-14(9-6-12)10-7-13-11-3-2-4-11/h11-13H,2-10H2,1H3. The first-order valence-corrected chi connectivity index (χ1v) is 6.37. The van der Waals surface area contributed by atoms with Crippen molar-refractivity contribution in [2.75, 3.05) is 33.3 Å². The summed E-state index contributed by atoms with van der Waals surface area (Å²) >= 11 is 0. The molecule has 0 spiro atoms. The maximum absolute atomic E-state index is 5.37. The Balaban J connectivity index is 1.52. The first kappa shape index (κ1) is 11.4. The van der Waals surface area contributed by atoms with E-state index in [1.54, 1.807) is 0 Å².